The molecule has 1 unspecified atom stereocenters. The van der Waals surface area contributed by atoms with Crippen LogP contribution in [0.4, 0.5) is 0 Å². The van der Waals surface area contributed by atoms with E-state index in [-0.39, 0.29) is 5.78 Å². The molecule has 0 radical (unpaired) electrons. The molecular formula is C16H16O3P+. The average molecular weight is 287 g/mol. The Bertz CT molecular complexity index is 637. The summed E-state index contributed by atoms with van der Waals surface area (Å²) in [7, 11) is -0.841. The second-order valence-corrected chi connectivity index (χ2v) is 5.18. The van der Waals surface area contributed by atoms with Gasteiger partial charge in [-0.05, 0) is 60.7 Å². The first-order chi connectivity index (χ1) is 9.52. The highest BCUT2D eigenvalue weighted by Crippen LogP contribution is 2.22. The van der Waals surface area contributed by atoms with E-state index in [4.69, 9.17) is 4.52 Å². The van der Waals surface area contributed by atoms with Crippen molar-refractivity contribution in [2.24, 2.45) is 0 Å². The van der Waals surface area contributed by atoms with Crippen molar-refractivity contribution in [2.75, 3.05) is 0 Å². The van der Waals surface area contributed by atoms with E-state index in [2.05, 4.69) is 0 Å². The molecule has 0 aliphatic heterocycles. The molecule has 0 aliphatic rings. The molecule has 0 spiro atoms. The molecule has 2 rings (SSSR count). The summed E-state index contributed by atoms with van der Waals surface area (Å²) in [5.41, 5.74) is 4.45. The van der Waals surface area contributed by atoms with Crippen molar-refractivity contribution in [2.45, 2.75) is 20.8 Å². The Morgan fingerprint density at radius 3 is 2.05 bits per heavy atom. The monoisotopic (exact) mass is 287 g/mol. The third-order valence-electron chi connectivity index (χ3n) is 3.18. The van der Waals surface area contributed by atoms with Crippen molar-refractivity contribution in [1.29, 1.82) is 0 Å². The van der Waals surface area contributed by atoms with Crippen LogP contribution in [0.25, 0.3) is 0 Å². The largest absolute Gasteiger partial charge is 0.542 e. The van der Waals surface area contributed by atoms with Gasteiger partial charge in [-0.1, -0.05) is 17.7 Å². The first-order valence-corrected chi connectivity index (χ1v) is 7.11. The van der Waals surface area contributed by atoms with E-state index in [0.717, 1.165) is 22.3 Å². The molecule has 3 nitrogen and oxygen atoms in total. The highest BCUT2D eigenvalue weighted by molar-refractivity contribution is 7.17. The van der Waals surface area contributed by atoms with Crippen LogP contribution in [0.3, 0.4) is 0 Å². The maximum atomic E-state index is 12.6. The first kappa shape index (κ1) is 14.4. The number of carbonyl (C=O) groups excluding carboxylic acids is 1. The summed E-state index contributed by atoms with van der Waals surface area (Å²) in [5.74, 6) is 0.489. The Morgan fingerprint density at radius 2 is 1.55 bits per heavy atom. The normalized spacial score (nSPS) is 10.6. The second kappa shape index (κ2) is 5.98. The highest BCUT2D eigenvalue weighted by Gasteiger charge is 2.15. The van der Waals surface area contributed by atoms with Crippen molar-refractivity contribution in [3.8, 4) is 5.75 Å². The maximum Gasteiger partial charge on any atom is 0.542 e. The predicted octanol–water partition coefficient (Wildman–Crippen LogP) is 4.16. The van der Waals surface area contributed by atoms with E-state index in [0.29, 0.717) is 11.3 Å². The Labute approximate surface area is 119 Å². The van der Waals surface area contributed by atoms with Gasteiger partial charge in [-0.25, -0.2) is 0 Å². The molecule has 102 valence electrons. The number of hydrogen-bond donors (Lipinski definition) is 0. The third kappa shape index (κ3) is 2.94. The first-order valence-electron chi connectivity index (χ1n) is 6.29. The van der Waals surface area contributed by atoms with E-state index in [1.165, 1.54) is 0 Å². The van der Waals surface area contributed by atoms with Crippen LogP contribution < -0.4 is 4.52 Å². The summed E-state index contributed by atoms with van der Waals surface area (Å²) in [5, 5.41) is 0. The fourth-order valence-electron chi connectivity index (χ4n) is 2.40. The van der Waals surface area contributed by atoms with Gasteiger partial charge in [0.1, 0.15) is 0 Å². The number of rotatable bonds is 4. The highest BCUT2D eigenvalue weighted by atomic mass is 31.1. The third-order valence-corrected chi connectivity index (χ3v) is 3.50. The van der Waals surface area contributed by atoms with Gasteiger partial charge in [-0.2, -0.15) is 0 Å². The smallest absolute Gasteiger partial charge is 0.289 e. The molecule has 0 heterocycles. The second-order valence-electron chi connectivity index (χ2n) is 4.81. The molecule has 2 aromatic rings. The molecule has 0 saturated heterocycles. The lowest BCUT2D eigenvalue weighted by Crippen LogP contribution is -2.06. The lowest BCUT2D eigenvalue weighted by Gasteiger charge is -2.10. The van der Waals surface area contributed by atoms with Crippen LogP contribution in [0.5, 0.6) is 5.75 Å². The minimum atomic E-state index is -0.841. The summed E-state index contributed by atoms with van der Waals surface area (Å²) < 4.78 is 15.3. The van der Waals surface area contributed by atoms with Crippen molar-refractivity contribution in [1.82, 2.24) is 0 Å². The SMILES string of the molecule is Cc1cc(C)c(C(=O)c2ccc(O[PH+]=O)cc2)c(C)c1. The van der Waals surface area contributed by atoms with Crippen molar-refractivity contribution >= 4 is 14.5 Å². The van der Waals surface area contributed by atoms with Crippen LogP contribution in [-0.2, 0) is 4.57 Å². The van der Waals surface area contributed by atoms with Crippen LogP contribution in [0.15, 0.2) is 36.4 Å². The van der Waals surface area contributed by atoms with Crippen molar-refractivity contribution in [3.05, 3.63) is 64.2 Å². The zero-order chi connectivity index (χ0) is 14.7. The number of ketones is 1. The van der Waals surface area contributed by atoms with Gasteiger partial charge < -0.3 is 0 Å². The topological polar surface area (TPSA) is 43.4 Å². The molecule has 0 saturated carbocycles. The Hall–Kier alpha value is -1.99. The molecule has 2 aromatic carbocycles. The molecular weight excluding hydrogens is 271 g/mol. The van der Waals surface area contributed by atoms with Crippen LogP contribution in [0.1, 0.15) is 32.6 Å². The van der Waals surface area contributed by atoms with E-state index >= 15 is 0 Å². The zero-order valence-electron chi connectivity index (χ0n) is 11.7. The summed E-state index contributed by atoms with van der Waals surface area (Å²) in [4.78, 5) is 12.6. The molecule has 0 aliphatic carbocycles. The van der Waals surface area contributed by atoms with E-state index in [1.807, 2.05) is 32.9 Å². The van der Waals surface area contributed by atoms with Gasteiger partial charge in [-0.3, -0.25) is 9.32 Å². The number of aryl methyl sites for hydroxylation is 3. The molecule has 0 N–H and O–H groups in total. The fraction of sp³-hybridized carbons (Fsp3) is 0.188. The van der Waals surface area contributed by atoms with E-state index < -0.39 is 8.69 Å². The van der Waals surface area contributed by atoms with Crippen molar-refractivity contribution in [3.63, 3.8) is 0 Å². The Balaban J connectivity index is 2.38. The summed E-state index contributed by atoms with van der Waals surface area (Å²) in [6, 6.07) is 10.7. The van der Waals surface area contributed by atoms with Gasteiger partial charge in [0.2, 0.25) is 0 Å². The Kier molecular flexibility index (Phi) is 4.31. The lowest BCUT2D eigenvalue weighted by molar-refractivity contribution is 0.103. The lowest BCUT2D eigenvalue weighted by atomic mass is 9.93. The molecule has 0 fully saturated rings. The molecule has 0 aromatic heterocycles. The van der Waals surface area contributed by atoms with Gasteiger partial charge in [-0.15, -0.1) is 0 Å². The molecule has 0 bridgehead atoms. The van der Waals surface area contributed by atoms with Gasteiger partial charge in [0.15, 0.2) is 11.5 Å². The minimum Gasteiger partial charge on any atom is -0.289 e. The maximum absolute atomic E-state index is 12.6. The molecule has 4 heteroatoms. The van der Waals surface area contributed by atoms with Crippen LogP contribution in [0.2, 0.25) is 0 Å². The standard InChI is InChI=1S/C16H16O3P/c1-10-8-11(2)15(12(3)9-10)16(17)13-4-6-14(7-5-13)19-20-18/h4-9,20H,1-3H3/q+1. The Morgan fingerprint density at radius 1 is 1.00 bits per heavy atom. The van der Waals surface area contributed by atoms with E-state index in [9.17, 15) is 9.36 Å². The van der Waals surface area contributed by atoms with E-state index in [1.54, 1.807) is 24.3 Å². The van der Waals surface area contributed by atoms with Crippen LogP contribution in [-0.4, -0.2) is 5.78 Å². The van der Waals surface area contributed by atoms with Crippen molar-refractivity contribution < 1.29 is 13.9 Å². The molecule has 1 atom stereocenters. The zero-order valence-corrected chi connectivity index (χ0v) is 12.7. The fourth-order valence-corrected chi connectivity index (χ4v) is 2.64. The molecule has 0 amide bonds. The quantitative estimate of drug-likeness (QED) is 0.626. The summed E-state index contributed by atoms with van der Waals surface area (Å²) >= 11 is 0. The molecule has 20 heavy (non-hydrogen) atoms. The van der Waals surface area contributed by atoms with Gasteiger partial charge in [0, 0.05) is 11.1 Å². The number of carbonyl (C=O) groups is 1. The number of benzene rings is 2. The van der Waals surface area contributed by atoms with Gasteiger partial charge in [0.05, 0.1) is 0 Å². The van der Waals surface area contributed by atoms with Gasteiger partial charge >= 0.3 is 8.69 Å². The number of hydrogen-bond acceptors (Lipinski definition) is 3. The van der Waals surface area contributed by atoms with Gasteiger partial charge in [0.25, 0.3) is 0 Å². The summed E-state index contributed by atoms with van der Waals surface area (Å²) in [6.07, 6.45) is 0. The average Bonchev–Trinajstić information content (AvgIpc) is 2.38. The minimum absolute atomic E-state index is 0.00359. The van der Waals surface area contributed by atoms with Crippen LogP contribution >= 0.6 is 8.69 Å². The predicted molar refractivity (Wildman–Crippen MR) is 80.2 cm³/mol. The van der Waals surface area contributed by atoms with Crippen LogP contribution in [0, 0.1) is 20.8 Å². The summed E-state index contributed by atoms with van der Waals surface area (Å²) in [6.45, 7) is 5.91.